The summed E-state index contributed by atoms with van der Waals surface area (Å²) in [5, 5.41) is 19.0. The van der Waals surface area contributed by atoms with Crippen LogP contribution in [0, 0.1) is 43.4 Å². The van der Waals surface area contributed by atoms with Crippen molar-refractivity contribution in [1.29, 1.82) is 5.26 Å². The minimum Gasteiger partial charge on any atom is -0.483 e. The average Bonchev–Trinajstić information content (AvgIpc) is 3.45. The van der Waals surface area contributed by atoms with Crippen LogP contribution < -0.4 is 4.74 Å². The Morgan fingerprint density at radius 1 is 1.24 bits per heavy atom. The van der Waals surface area contributed by atoms with Gasteiger partial charge in [0.15, 0.2) is 23.1 Å². The lowest BCUT2D eigenvalue weighted by Crippen LogP contribution is -2.58. The highest BCUT2D eigenvalue weighted by molar-refractivity contribution is 5.79. The van der Waals surface area contributed by atoms with Gasteiger partial charge in [-0.1, -0.05) is 6.07 Å². The second kappa shape index (κ2) is 9.32. The van der Waals surface area contributed by atoms with Crippen molar-refractivity contribution in [3.8, 4) is 17.6 Å². The maximum absolute atomic E-state index is 14.5. The average molecular weight is 502 g/mol. The summed E-state index contributed by atoms with van der Waals surface area (Å²) < 4.78 is 35.7. The lowest BCUT2D eigenvalue weighted by Gasteiger charge is -2.41. The largest absolute Gasteiger partial charge is 0.483 e. The Kier molecular flexibility index (Phi) is 6.01. The van der Waals surface area contributed by atoms with Crippen molar-refractivity contribution in [3.05, 3.63) is 76.0 Å². The number of rotatable bonds is 4. The van der Waals surface area contributed by atoms with Crippen LogP contribution in [0.2, 0.25) is 0 Å². The molecule has 0 spiro atoms. The Labute approximate surface area is 210 Å². The van der Waals surface area contributed by atoms with E-state index in [2.05, 4.69) is 26.1 Å². The Hall–Kier alpha value is -4.84. The molecule has 3 aromatic rings. The Morgan fingerprint density at radius 3 is 2.73 bits per heavy atom. The number of benzene rings is 1. The fourth-order valence-electron chi connectivity index (χ4n) is 4.37. The Morgan fingerprint density at radius 2 is 2.03 bits per heavy atom. The first-order valence-corrected chi connectivity index (χ1v) is 11.4. The Balaban J connectivity index is 1.26. The van der Waals surface area contributed by atoms with E-state index < -0.39 is 29.8 Å². The predicted molar refractivity (Wildman–Crippen MR) is 127 cm³/mol. The second-order valence-corrected chi connectivity index (χ2v) is 8.72. The summed E-state index contributed by atoms with van der Waals surface area (Å²) in [6.07, 6.45) is 2.53. The second-order valence-electron chi connectivity index (χ2n) is 8.72. The van der Waals surface area contributed by atoms with Crippen molar-refractivity contribution in [3.63, 3.8) is 0 Å². The zero-order valence-electron chi connectivity index (χ0n) is 19.9. The predicted octanol–water partition coefficient (Wildman–Crippen LogP) is 4.20. The van der Waals surface area contributed by atoms with Crippen LogP contribution in [0.3, 0.4) is 0 Å². The number of ether oxygens (including phenoxy) is 1. The van der Waals surface area contributed by atoms with Crippen molar-refractivity contribution in [2.24, 2.45) is 5.10 Å². The van der Waals surface area contributed by atoms with Crippen LogP contribution in [0.5, 0.6) is 5.75 Å². The van der Waals surface area contributed by atoms with Crippen molar-refractivity contribution in [1.82, 2.24) is 24.7 Å². The third kappa shape index (κ3) is 4.34. The fraction of sp³-hybridized carbons (Fsp3) is 0.280. The summed E-state index contributed by atoms with van der Waals surface area (Å²) in [5.41, 5.74) is 2.17. The molecular weight excluding hydrogens is 482 g/mol. The quantitative estimate of drug-likeness (QED) is 0.498. The first kappa shape index (κ1) is 23.9. The van der Waals surface area contributed by atoms with Crippen LogP contribution in [0.15, 0.2) is 35.6 Å². The lowest BCUT2D eigenvalue weighted by molar-refractivity contribution is 0.0256. The molecule has 2 aliphatic rings. The smallest absolute Gasteiger partial charge is 0.341 e. The molecule has 2 aliphatic heterocycles. The van der Waals surface area contributed by atoms with Crippen LogP contribution in [0.1, 0.15) is 35.0 Å². The van der Waals surface area contributed by atoms with E-state index >= 15 is 0 Å². The highest BCUT2D eigenvalue weighted by Crippen LogP contribution is 2.33. The molecule has 37 heavy (non-hydrogen) atoms. The Bertz CT molecular complexity index is 1510. The van der Waals surface area contributed by atoms with Gasteiger partial charge in [-0.15, -0.1) is 0 Å². The van der Waals surface area contributed by atoms with Gasteiger partial charge in [-0.3, -0.25) is 0 Å². The third-order valence-corrected chi connectivity index (χ3v) is 6.28. The van der Waals surface area contributed by atoms with Gasteiger partial charge in [-0.25, -0.2) is 33.1 Å². The molecule has 1 saturated heterocycles. The standard InChI is InChI=1S/C25H20F2N8O2/c1-14-20(10-28)15(2)34(32-14)24-9-23(21(27)11-30-24)37-19-12-33(13-19)25(36)35-22(4-5-31-35)16-6-17(26)8-18(7-16)29-3/h5-9,11,19,22H,4,12-13H2,1-2H3/t22-/m0/s1. The van der Waals surface area contributed by atoms with E-state index in [1.807, 2.05) is 0 Å². The molecule has 0 unspecified atom stereocenters. The van der Waals surface area contributed by atoms with Crippen LogP contribution in [0.4, 0.5) is 19.3 Å². The van der Waals surface area contributed by atoms with Gasteiger partial charge < -0.3 is 9.64 Å². The number of hydrogen-bond donors (Lipinski definition) is 0. The molecule has 4 heterocycles. The van der Waals surface area contributed by atoms with Crippen LogP contribution in [0.25, 0.3) is 10.7 Å². The normalized spacial score (nSPS) is 16.9. The molecule has 186 valence electrons. The molecule has 10 nitrogen and oxygen atoms in total. The highest BCUT2D eigenvalue weighted by atomic mass is 19.1. The molecule has 0 radical (unpaired) electrons. The van der Waals surface area contributed by atoms with E-state index in [1.54, 1.807) is 26.1 Å². The number of hydrogen-bond acceptors (Lipinski definition) is 6. The number of aromatic nitrogens is 3. The van der Waals surface area contributed by atoms with Crippen LogP contribution in [-0.2, 0) is 0 Å². The number of amides is 2. The van der Waals surface area contributed by atoms with Gasteiger partial charge in [0.2, 0.25) is 0 Å². The van der Waals surface area contributed by atoms with Crippen molar-refractivity contribution in [2.75, 3.05) is 13.1 Å². The molecule has 0 N–H and O–H groups in total. The van der Waals surface area contributed by atoms with Crippen LogP contribution in [-0.4, -0.2) is 56.1 Å². The molecular formula is C25H20F2N8O2. The fourth-order valence-corrected chi connectivity index (χ4v) is 4.37. The molecule has 2 amide bonds. The van der Waals surface area contributed by atoms with Gasteiger partial charge in [0.1, 0.15) is 18.0 Å². The molecule has 2 aromatic heterocycles. The maximum Gasteiger partial charge on any atom is 0.341 e. The molecule has 12 heteroatoms. The summed E-state index contributed by atoms with van der Waals surface area (Å²) in [7, 11) is 0. The number of halogens is 2. The lowest BCUT2D eigenvalue weighted by atomic mass is 10.0. The van der Waals surface area contributed by atoms with Gasteiger partial charge >= 0.3 is 6.03 Å². The number of pyridine rings is 1. The molecule has 1 atom stereocenters. The molecule has 0 saturated carbocycles. The van der Waals surface area contributed by atoms with Gasteiger partial charge in [0.25, 0.3) is 0 Å². The molecule has 5 rings (SSSR count). The SMILES string of the molecule is [C-]#[N+]c1cc(F)cc([C@@H]2CC=NN2C(=O)N2CC(Oc3cc(-n4nc(C)c(C#N)c4C)ncc3F)C2)c1. The molecule has 1 fully saturated rings. The van der Waals surface area contributed by atoms with Crippen molar-refractivity contribution < 1.29 is 18.3 Å². The van der Waals surface area contributed by atoms with Crippen LogP contribution >= 0.6 is 0 Å². The van der Waals surface area contributed by atoms with E-state index in [0.29, 0.717) is 34.8 Å². The number of urea groups is 1. The minimum absolute atomic E-state index is 0.0448. The van der Waals surface area contributed by atoms with Gasteiger partial charge in [0.05, 0.1) is 48.9 Å². The zero-order valence-corrected chi connectivity index (χ0v) is 19.9. The zero-order chi connectivity index (χ0) is 26.3. The number of hydrazone groups is 1. The van der Waals surface area contributed by atoms with E-state index in [9.17, 15) is 18.8 Å². The summed E-state index contributed by atoms with van der Waals surface area (Å²) >= 11 is 0. The van der Waals surface area contributed by atoms with Crippen molar-refractivity contribution >= 4 is 17.9 Å². The molecule has 0 bridgehead atoms. The molecule has 0 aliphatic carbocycles. The van der Waals surface area contributed by atoms with E-state index in [0.717, 1.165) is 12.3 Å². The van der Waals surface area contributed by atoms with Gasteiger partial charge in [-0.05, 0) is 31.5 Å². The molecule has 1 aromatic carbocycles. The van der Waals surface area contributed by atoms with E-state index in [4.69, 9.17) is 11.3 Å². The maximum atomic E-state index is 14.5. The van der Waals surface area contributed by atoms with Gasteiger partial charge in [-0.2, -0.15) is 15.5 Å². The summed E-state index contributed by atoms with van der Waals surface area (Å²) in [4.78, 5) is 21.9. The number of nitrogens with zero attached hydrogens (tertiary/aromatic N) is 8. The number of carbonyl (C=O) groups is 1. The minimum atomic E-state index is -0.665. The first-order valence-electron chi connectivity index (χ1n) is 11.4. The number of likely N-dealkylation sites (tertiary alicyclic amines) is 1. The van der Waals surface area contributed by atoms with Crippen molar-refractivity contribution in [2.45, 2.75) is 32.4 Å². The first-order chi connectivity index (χ1) is 17.8. The topological polar surface area (TPSA) is 104 Å². The van der Waals surface area contributed by atoms with E-state index in [1.165, 1.54) is 26.7 Å². The third-order valence-electron chi connectivity index (χ3n) is 6.28. The summed E-state index contributed by atoms with van der Waals surface area (Å²) in [6, 6.07) is 6.55. The summed E-state index contributed by atoms with van der Waals surface area (Å²) in [5.74, 6) is -0.963. The van der Waals surface area contributed by atoms with Gasteiger partial charge in [0, 0.05) is 18.7 Å². The van der Waals surface area contributed by atoms with E-state index in [-0.39, 0.29) is 24.5 Å². The highest BCUT2D eigenvalue weighted by Gasteiger charge is 2.39. The number of nitriles is 1. The summed E-state index contributed by atoms with van der Waals surface area (Å²) in [6.45, 7) is 11.0. The number of aryl methyl sites for hydroxylation is 1. The monoisotopic (exact) mass is 502 g/mol. The number of carbonyl (C=O) groups excluding carboxylic acids is 1.